The first-order chi connectivity index (χ1) is 11.4. The Morgan fingerprint density at radius 3 is 2.87 bits per heavy atom. The van der Waals surface area contributed by atoms with Gasteiger partial charge in [-0.15, -0.1) is 0 Å². The van der Waals surface area contributed by atoms with E-state index in [1.165, 1.54) is 49.9 Å². The summed E-state index contributed by atoms with van der Waals surface area (Å²) in [6, 6.07) is 15.0. The molecule has 1 atom stereocenters. The summed E-state index contributed by atoms with van der Waals surface area (Å²) in [5, 5.41) is 0. The van der Waals surface area contributed by atoms with Crippen LogP contribution in [0.2, 0.25) is 0 Å². The van der Waals surface area contributed by atoms with Crippen molar-refractivity contribution >= 4 is 0 Å². The first-order valence-corrected chi connectivity index (χ1v) is 8.74. The van der Waals surface area contributed by atoms with Gasteiger partial charge in [0.15, 0.2) is 0 Å². The molecule has 0 spiro atoms. The van der Waals surface area contributed by atoms with E-state index in [0.717, 1.165) is 5.88 Å². The van der Waals surface area contributed by atoms with Crippen LogP contribution in [0, 0.1) is 0 Å². The molecule has 2 aromatic rings. The SMILES string of the molecule is CCCCN1CCC[C@@H]1c1cccnc1OCc1ccccc1. The van der Waals surface area contributed by atoms with Crippen LogP contribution in [0.25, 0.3) is 0 Å². The third-order valence-electron chi connectivity index (χ3n) is 4.54. The van der Waals surface area contributed by atoms with Crippen molar-refractivity contribution in [1.82, 2.24) is 9.88 Å². The van der Waals surface area contributed by atoms with E-state index in [9.17, 15) is 0 Å². The van der Waals surface area contributed by atoms with E-state index in [2.05, 4.69) is 35.0 Å². The summed E-state index contributed by atoms with van der Waals surface area (Å²) in [5.74, 6) is 0.796. The van der Waals surface area contributed by atoms with Crippen LogP contribution >= 0.6 is 0 Å². The van der Waals surface area contributed by atoms with E-state index >= 15 is 0 Å². The number of pyridine rings is 1. The highest BCUT2D eigenvalue weighted by Crippen LogP contribution is 2.36. The van der Waals surface area contributed by atoms with Gasteiger partial charge in [-0.3, -0.25) is 4.90 Å². The maximum Gasteiger partial charge on any atom is 0.218 e. The molecular formula is C20H26N2O. The summed E-state index contributed by atoms with van der Waals surface area (Å²) >= 11 is 0. The van der Waals surface area contributed by atoms with E-state index in [-0.39, 0.29) is 0 Å². The average molecular weight is 310 g/mol. The molecule has 1 aliphatic rings. The monoisotopic (exact) mass is 310 g/mol. The predicted molar refractivity (Wildman–Crippen MR) is 93.5 cm³/mol. The van der Waals surface area contributed by atoms with Gasteiger partial charge in [0.05, 0.1) is 0 Å². The second kappa shape index (κ2) is 8.11. The van der Waals surface area contributed by atoms with Gasteiger partial charge in [-0.05, 0) is 44.0 Å². The molecule has 23 heavy (non-hydrogen) atoms. The molecule has 1 fully saturated rings. The average Bonchev–Trinajstić information content (AvgIpc) is 3.07. The Kier molecular flexibility index (Phi) is 5.65. The van der Waals surface area contributed by atoms with Crippen LogP contribution in [-0.2, 0) is 6.61 Å². The van der Waals surface area contributed by atoms with Crippen LogP contribution in [0.4, 0.5) is 0 Å². The van der Waals surface area contributed by atoms with Gasteiger partial charge < -0.3 is 4.74 Å². The van der Waals surface area contributed by atoms with E-state index in [0.29, 0.717) is 12.6 Å². The Morgan fingerprint density at radius 1 is 1.17 bits per heavy atom. The number of ether oxygens (including phenoxy) is 1. The molecule has 0 N–H and O–H groups in total. The molecule has 1 aromatic heterocycles. The molecule has 0 unspecified atom stereocenters. The van der Waals surface area contributed by atoms with Crippen LogP contribution in [-0.4, -0.2) is 23.0 Å². The Hall–Kier alpha value is -1.87. The number of aromatic nitrogens is 1. The smallest absolute Gasteiger partial charge is 0.218 e. The second-order valence-corrected chi connectivity index (χ2v) is 6.22. The van der Waals surface area contributed by atoms with Crippen molar-refractivity contribution in [3.63, 3.8) is 0 Å². The van der Waals surface area contributed by atoms with Gasteiger partial charge in [-0.1, -0.05) is 49.7 Å². The van der Waals surface area contributed by atoms with Gasteiger partial charge >= 0.3 is 0 Å². The van der Waals surface area contributed by atoms with Crippen molar-refractivity contribution in [3.05, 3.63) is 59.8 Å². The van der Waals surface area contributed by atoms with Gasteiger partial charge in [-0.2, -0.15) is 0 Å². The molecule has 0 amide bonds. The third kappa shape index (κ3) is 4.11. The molecule has 3 rings (SSSR count). The molecule has 2 heterocycles. The lowest BCUT2D eigenvalue weighted by Gasteiger charge is -2.25. The van der Waals surface area contributed by atoms with Crippen molar-refractivity contribution in [1.29, 1.82) is 0 Å². The first kappa shape index (κ1) is 16.0. The van der Waals surface area contributed by atoms with Crippen molar-refractivity contribution < 1.29 is 4.74 Å². The summed E-state index contributed by atoms with van der Waals surface area (Å²) in [7, 11) is 0. The van der Waals surface area contributed by atoms with E-state index in [1.807, 2.05) is 30.5 Å². The third-order valence-corrected chi connectivity index (χ3v) is 4.54. The molecule has 0 aliphatic carbocycles. The van der Waals surface area contributed by atoms with Crippen LogP contribution in [0.15, 0.2) is 48.7 Å². The Labute approximate surface area is 139 Å². The fourth-order valence-corrected chi connectivity index (χ4v) is 3.31. The lowest BCUT2D eigenvalue weighted by atomic mass is 10.1. The lowest BCUT2D eigenvalue weighted by Crippen LogP contribution is -2.25. The second-order valence-electron chi connectivity index (χ2n) is 6.22. The number of likely N-dealkylation sites (tertiary alicyclic amines) is 1. The number of rotatable bonds is 7. The van der Waals surface area contributed by atoms with Crippen molar-refractivity contribution in [2.45, 2.75) is 45.3 Å². The minimum atomic E-state index is 0.459. The zero-order valence-electron chi connectivity index (χ0n) is 13.9. The Bertz CT molecular complexity index is 600. The van der Waals surface area contributed by atoms with Crippen LogP contribution in [0.5, 0.6) is 5.88 Å². The molecule has 0 saturated carbocycles. The molecular weight excluding hydrogens is 284 g/mol. The number of hydrogen-bond donors (Lipinski definition) is 0. The quantitative estimate of drug-likeness (QED) is 0.747. The predicted octanol–water partition coefficient (Wildman–Crippen LogP) is 4.60. The van der Waals surface area contributed by atoms with E-state index in [1.54, 1.807) is 0 Å². The molecule has 3 heteroatoms. The van der Waals surface area contributed by atoms with Crippen LogP contribution in [0.3, 0.4) is 0 Å². The number of benzene rings is 1. The summed E-state index contributed by atoms with van der Waals surface area (Å²) in [6.07, 6.45) is 6.80. The molecule has 1 aromatic carbocycles. The summed E-state index contributed by atoms with van der Waals surface area (Å²) in [6.45, 7) is 5.20. The fourth-order valence-electron chi connectivity index (χ4n) is 3.31. The molecule has 1 aliphatic heterocycles. The van der Waals surface area contributed by atoms with Gasteiger partial charge in [0.25, 0.3) is 0 Å². The molecule has 3 nitrogen and oxygen atoms in total. The lowest BCUT2D eigenvalue weighted by molar-refractivity contribution is 0.236. The summed E-state index contributed by atoms with van der Waals surface area (Å²) in [5.41, 5.74) is 2.43. The van der Waals surface area contributed by atoms with Gasteiger partial charge in [0, 0.05) is 17.8 Å². The number of hydrogen-bond acceptors (Lipinski definition) is 3. The van der Waals surface area contributed by atoms with Gasteiger partial charge in [0.1, 0.15) is 6.61 Å². The highest BCUT2D eigenvalue weighted by atomic mass is 16.5. The molecule has 122 valence electrons. The van der Waals surface area contributed by atoms with Crippen molar-refractivity contribution in [3.8, 4) is 5.88 Å². The Morgan fingerprint density at radius 2 is 2.04 bits per heavy atom. The maximum absolute atomic E-state index is 6.05. The normalized spacial score (nSPS) is 18.2. The highest BCUT2D eigenvalue weighted by molar-refractivity contribution is 5.30. The number of unbranched alkanes of at least 4 members (excludes halogenated alkanes) is 1. The highest BCUT2D eigenvalue weighted by Gasteiger charge is 2.28. The standard InChI is InChI=1S/C20H26N2O/c1-2-3-14-22-15-8-12-19(22)18-11-7-13-21-20(18)23-16-17-9-5-4-6-10-17/h4-7,9-11,13,19H,2-3,8,12,14-16H2,1H3/t19-/m1/s1. The van der Waals surface area contributed by atoms with Gasteiger partial charge in [0.2, 0.25) is 5.88 Å². The van der Waals surface area contributed by atoms with Crippen LogP contribution in [0.1, 0.15) is 49.8 Å². The Balaban J connectivity index is 1.72. The minimum Gasteiger partial charge on any atom is -0.473 e. The van der Waals surface area contributed by atoms with Gasteiger partial charge in [-0.25, -0.2) is 4.98 Å². The summed E-state index contributed by atoms with van der Waals surface area (Å²) < 4.78 is 6.05. The first-order valence-electron chi connectivity index (χ1n) is 8.74. The van der Waals surface area contributed by atoms with Crippen molar-refractivity contribution in [2.75, 3.05) is 13.1 Å². The largest absolute Gasteiger partial charge is 0.473 e. The minimum absolute atomic E-state index is 0.459. The molecule has 0 radical (unpaired) electrons. The molecule has 0 bridgehead atoms. The fraction of sp³-hybridized carbons (Fsp3) is 0.450. The summed E-state index contributed by atoms with van der Waals surface area (Å²) in [4.78, 5) is 7.10. The topological polar surface area (TPSA) is 25.4 Å². The zero-order valence-corrected chi connectivity index (χ0v) is 13.9. The van der Waals surface area contributed by atoms with E-state index < -0.39 is 0 Å². The van der Waals surface area contributed by atoms with Crippen molar-refractivity contribution in [2.24, 2.45) is 0 Å². The maximum atomic E-state index is 6.05. The molecule has 1 saturated heterocycles. The number of nitrogens with zero attached hydrogens (tertiary/aromatic N) is 2. The zero-order chi connectivity index (χ0) is 15.9. The van der Waals surface area contributed by atoms with Crippen LogP contribution < -0.4 is 4.74 Å². The van der Waals surface area contributed by atoms with E-state index in [4.69, 9.17) is 4.74 Å².